The van der Waals surface area contributed by atoms with Crippen molar-refractivity contribution in [3.63, 3.8) is 0 Å². The van der Waals surface area contributed by atoms with E-state index in [0.29, 0.717) is 0 Å². The first kappa shape index (κ1) is 16.7. The number of methoxy groups -OCH3 is 1. The van der Waals surface area contributed by atoms with Crippen molar-refractivity contribution in [2.24, 2.45) is 0 Å². The van der Waals surface area contributed by atoms with Crippen molar-refractivity contribution in [3.8, 4) is 0 Å². The summed E-state index contributed by atoms with van der Waals surface area (Å²) in [4.78, 5) is 10.9. The molecule has 0 aromatic heterocycles. The number of carbonyl (C=O) groups is 1. The normalized spacial score (nSPS) is 12.9. The van der Waals surface area contributed by atoms with Gasteiger partial charge in [-0.2, -0.15) is 0 Å². The van der Waals surface area contributed by atoms with Crippen LogP contribution < -0.4 is 4.72 Å². The van der Waals surface area contributed by atoms with Gasteiger partial charge in [-0.25, -0.2) is 13.1 Å². The fourth-order valence-corrected chi connectivity index (χ4v) is 3.28. The lowest BCUT2D eigenvalue weighted by Gasteiger charge is -2.16. The van der Waals surface area contributed by atoms with E-state index in [1.54, 1.807) is 6.92 Å². The second kappa shape index (κ2) is 7.40. The lowest BCUT2D eigenvalue weighted by Crippen LogP contribution is -2.29. The number of sulfonamides is 1. The van der Waals surface area contributed by atoms with Crippen molar-refractivity contribution in [2.75, 3.05) is 12.9 Å². The van der Waals surface area contributed by atoms with Crippen molar-refractivity contribution in [3.05, 3.63) is 35.4 Å². The molecule has 0 aliphatic heterocycles. The second-order valence-electron chi connectivity index (χ2n) is 4.69. The van der Waals surface area contributed by atoms with E-state index < -0.39 is 16.0 Å². The summed E-state index contributed by atoms with van der Waals surface area (Å²) in [6.07, 6.45) is 0.360. The van der Waals surface area contributed by atoms with E-state index in [1.807, 2.05) is 31.2 Å². The van der Waals surface area contributed by atoms with Gasteiger partial charge in [-0.1, -0.05) is 24.3 Å². The van der Waals surface area contributed by atoms with Gasteiger partial charge in [0.15, 0.2) is 0 Å². The quantitative estimate of drug-likeness (QED) is 0.781. The molecule has 0 aliphatic carbocycles. The third-order valence-electron chi connectivity index (χ3n) is 3.03. The maximum atomic E-state index is 11.9. The van der Waals surface area contributed by atoms with Crippen LogP contribution in [0.5, 0.6) is 0 Å². The lowest BCUT2D eigenvalue weighted by atomic mass is 10.0. The highest BCUT2D eigenvalue weighted by Crippen LogP contribution is 2.17. The van der Waals surface area contributed by atoms with Crippen LogP contribution in [0.15, 0.2) is 24.3 Å². The molecule has 5 nitrogen and oxygen atoms in total. The summed E-state index contributed by atoms with van der Waals surface area (Å²) in [5.41, 5.74) is 1.99. The van der Waals surface area contributed by atoms with E-state index in [9.17, 15) is 13.2 Å². The van der Waals surface area contributed by atoms with Gasteiger partial charge in [0.2, 0.25) is 10.0 Å². The van der Waals surface area contributed by atoms with Crippen LogP contribution in [-0.2, 0) is 19.6 Å². The Morgan fingerprint density at radius 3 is 2.60 bits per heavy atom. The maximum Gasteiger partial charge on any atom is 0.305 e. The Bertz CT molecular complexity index is 554. The highest BCUT2D eigenvalue weighted by molar-refractivity contribution is 7.89. The minimum atomic E-state index is -3.41. The number of hydrogen-bond acceptors (Lipinski definition) is 4. The van der Waals surface area contributed by atoms with Gasteiger partial charge in [0.05, 0.1) is 12.9 Å². The first-order valence-corrected chi connectivity index (χ1v) is 8.13. The number of hydrogen-bond donors (Lipinski definition) is 1. The first-order chi connectivity index (χ1) is 9.35. The molecule has 112 valence electrons. The van der Waals surface area contributed by atoms with Crippen LogP contribution in [0.3, 0.4) is 0 Å². The molecule has 0 heterocycles. The average Bonchev–Trinajstić information content (AvgIpc) is 2.38. The minimum absolute atomic E-state index is 0.0850. The number of nitrogens with one attached hydrogen (secondary N) is 1. The van der Waals surface area contributed by atoms with Crippen LogP contribution in [0.2, 0.25) is 0 Å². The third kappa shape index (κ3) is 5.30. The Balaban J connectivity index is 2.58. The van der Waals surface area contributed by atoms with Gasteiger partial charge in [-0.3, -0.25) is 4.79 Å². The number of esters is 1. The average molecular weight is 299 g/mol. The van der Waals surface area contributed by atoms with E-state index in [-0.39, 0.29) is 24.6 Å². The van der Waals surface area contributed by atoms with Gasteiger partial charge in [0, 0.05) is 12.5 Å². The van der Waals surface area contributed by atoms with Crippen LogP contribution in [0.1, 0.15) is 36.9 Å². The monoisotopic (exact) mass is 299 g/mol. The Labute approximate surface area is 120 Å². The SMILES string of the molecule is COC(=O)CCCS(=O)(=O)NC(C)c1ccccc1C. The van der Waals surface area contributed by atoms with Gasteiger partial charge in [-0.05, 0) is 31.4 Å². The molecule has 1 aromatic rings. The Morgan fingerprint density at radius 1 is 1.35 bits per heavy atom. The fourth-order valence-electron chi connectivity index (χ4n) is 1.97. The highest BCUT2D eigenvalue weighted by atomic mass is 32.2. The summed E-state index contributed by atoms with van der Waals surface area (Å²) < 4.78 is 31.0. The standard InChI is InChI=1S/C14H21NO4S/c1-11-7-4-5-8-13(11)12(2)15-20(17,18)10-6-9-14(16)19-3/h4-5,7-8,12,15H,6,9-10H2,1-3H3. The number of ether oxygens (including phenoxy) is 1. The van der Waals surface area contributed by atoms with Crippen LogP contribution in [0, 0.1) is 6.92 Å². The summed E-state index contributed by atoms with van der Waals surface area (Å²) in [6, 6.07) is 7.34. The van der Waals surface area contributed by atoms with Gasteiger partial charge in [-0.15, -0.1) is 0 Å². The van der Waals surface area contributed by atoms with E-state index >= 15 is 0 Å². The van der Waals surface area contributed by atoms with E-state index in [4.69, 9.17) is 0 Å². The predicted octanol–water partition coefficient (Wildman–Crippen LogP) is 1.93. The summed E-state index contributed by atoms with van der Waals surface area (Å²) in [7, 11) is -2.12. The second-order valence-corrected chi connectivity index (χ2v) is 6.57. The number of aryl methyl sites for hydroxylation is 1. The van der Waals surface area contributed by atoms with Crippen molar-refractivity contribution in [2.45, 2.75) is 32.7 Å². The Morgan fingerprint density at radius 2 is 2.00 bits per heavy atom. The molecule has 0 amide bonds. The summed E-state index contributed by atoms with van der Waals surface area (Å²) in [5.74, 6) is -0.481. The molecule has 1 unspecified atom stereocenters. The van der Waals surface area contributed by atoms with E-state index in [0.717, 1.165) is 11.1 Å². The zero-order valence-corrected chi connectivity index (χ0v) is 12.9. The predicted molar refractivity (Wildman–Crippen MR) is 77.8 cm³/mol. The van der Waals surface area contributed by atoms with Crippen molar-refractivity contribution < 1.29 is 17.9 Å². The molecule has 1 N–H and O–H groups in total. The van der Waals surface area contributed by atoms with Gasteiger partial charge >= 0.3 is 5.97 Å². The largest absolute Gasteiger partial charge is 0.469 e. The molecule has 1 aromatic carbocycles. The molecule has 0 aliphatic rings. The third-order valence-corrected chi connectivity index (χ3v) is 4.57. The van der Waals surface area contributed by atoms with Gasteiger partial charge in [0.25, 0.3) is 0 Å². The molecular weight excluding hydrogens is 278 g/mol. The van der Waals surface area contributed by atoms with Crippen molar-refractivity contribution >= 4 is 16.0 Å². The molecule has 0 bridgehead atoms. The fraction of sp³-hybridized carbons (Fsp3) is 0.500. The van der Waals surface area contributed by atoms with Crippen LogP contribution in [0.25, 0.3) is 0 Å². The number of benzene rings is 1. The molecule has 0 fully saturated rings. The van der Waals surface area contributed by atoms with Gasteiger partial charge in [0.1, 0.15) is 0 Å². The summed E-state index contributed by atoms with van der Waals surface area (Å²) in [5, 5.41) is 0. The Kier molecular flexibility index (Phi) is 6.16. The van der Waals surface area contributed by atoms with Crippen molar-refractivity contribution in [1.29, 1.82) is 0 Å². The molecule has 1 atom stereocenters. The zero-order valence-electron chi connectivity index (χ0n) is 12.0. The zero-order chi connectivity index (χ0) is 15.2. The van der Waals surface area contributed by atoms with Crippen molar-refractivity contribution in [1.82, 2.24) is 4.72 Å². The summed E-state index contributed by atoms with van der Waals surface area (Å²) in [6.45, 7) is 3.75. The van der Waals surface area contributed by atoms with E-state index in [1.165, 1.54) is 7.11 Å². The van der Waals surface area contributed by atoms with Crippen LogP contribution in [0.4, 0.5) is 0 Å². The molecule has 0 spiro atoms. The molecule has 0 saturated heterocycles. The first-order valence-electron chi connectivity index (χ1n) is 6.48. The van der Waals surface area contributed by atoms with E-state index in [2.05, 4.69) is 9.46 Å². The smallest absolute Gasteiger partial charge is 0.305 e. The minimum Gasteiger partial charge on any atom is -0.469 e. The Hall–Kier alpha value is -1.40. The molecule has 0 radical (unpaired) electrons. The number of rotatable bonds is 7. The summed E-state index contributed by atoms with van der Waals surface area (Å²) >= 11 is 0. The molecule has 20 heavy (non-hydrogen) atoms. The molecule has 6 heteroatoms. The lowest BCUT2D eigenvalue weighted by molar-refractivity contribution is -0.140. The number of carbonyl (C=O) groups excluding carboxylic acids is 1. The van der Waals surface area contributed by atoms with Crippen LogP contribution in [-0.4, -0.2) is 27.2 Å². The highest BCUT2D eigenvalue weighted by Gasteiger charge is 2.17. The maximum absolute atomic E-state index is 11.9. The van der Waals surface area contributed by atoms with Gasteiger partial charge < -0.3 is 4.74 Å². The molecule has 0 saturated carbocycles. The van der Waals surface area contributed by atoms with Crippen LogP contribution >= 0.6 is 0 Å². The topological polar surface area (TPSA) is 72.5 Å². The molecular formula is C14H21NO4S. The molecule has 1 rings (SSSR count).